The molecular formula is C13H20Cl2N2O. The van der Waals surface area contributed by atoms with Crippen molar-refractivity contribution in [2.24, 2.45) is 11.8 Å². The van der Waals surface area contributed by atoms with E-state index < -0.39 is 0 Å². The first-order chi connectivity index (χ1) is 8.51. The number of benzene rings is 1. The second-order valence-corrected chi connectivity index (χ2v) is 5.44. The predicted molar refractivity (Wildman–Crippen MR) is 76.9 cm³/mol. The second-order valence-electron chi connectivity index (χ2n) is 4.62. The zero-order valence-corrected chi connectivity index (χ0v) is 12.4. The lowest BCUT2D eigenvalue weighted by Crippen LogP contribution is -2.48. The molecule has 2 atom stereocenters. The van der Waals surface area contributed by atoms with Gasteiger partial charge >= 0.3 is 0 Å². The van der Waals surface area contributed by atoms with Gasteiger partial charge in [-0.1, -0.05) is 43.1 Å². The SMILES string of the molecule is COC(C(C)C)C(Cc1c(Cl)cccc1Cl)NN. The van der Waals surface area contributed by atoms with Crippen molar-refractivity contribution in [3.8, 4) is 0 Å². The highest BCUT2D eigenvalue weighted by Gasteiger charge is 2.25. The van der Waals surface area contributed by atoms with E-state index in [-0.39, 0.29) is 12.1 Å². The third-order valence-electron chi connectivity index (χ3n) is 3.03. The predicted octanol–water partition coefficient (Wildman–Crippen LogP) is 3.04. The standard InChI is InChI=1S/C13H20Cl2N2O/c1-8(2)13(18-3)12(17-16)7-9-10(14)5-4-6-11(9)15/h4-6,8,12-13,17H,7,16H2,1-3H3. The number of hydrazine groups is 1. The van der Waals surface area contributed by atoms with Gasteiger partial charge in [0, 0.05) is 17.2 Å². The van der Waals surface area contributed by atoms with Gasteiger partial charge in [-0.2, -0.15) is 0 Å². The molecule has 0 bridgehead atoms. The average molecular weight is 291 g/mol. The summed E-state index contributed by atoms with van der Waals surface area (Å²) in [5.74, 6) is 5.96. The van der Waals surface area contributed by atoms with Gasteiger partial charge in [0.25, 0.3) is 0 Å². The quantitative estimate of drug-likeness (QED) is 0.625. The maximum absolute atomic E-state index is 6.16. The average Bonchev–Trinajstić information content (AvgIpc) is 2.32. The molecule has 3 nitrogen and oxygen atoms in total. The zero-order chi connectivity index (χ0) is 13.7. The van der Waals surface area contributed by atoms with Crippen molar-refractivity contribution in [3.63, 3.8) is 0 Å². The molecule has 0 aliphatic carbocycles. The lowest BCUT2D eigenvalue weighted by Gasteiger charge is -2.29. The van der Waals surface area contributed by atoms with Crippen molar-refractivity contribution in [2.45, 2.75) is 32.4 Å². The summed E-state index contributed by atoms with van der Waals surface area (Å²) in [6.07, 6.45) is 0.633. The Labute approximate surface area is 119 Å². The summed E-state index contributed by atoms with van der Waals surface area (Å²) in [7, 11) is 1.68. The molecule has 102 valence electrons. The summed E-state index contributed by atoms with van der Waals surface area (Å²) < 4.78 is 5.49. The maximum Gasteiger partial charge on any atom is 0.0763 e. The molecule has 0 spiro atoms. The van der Waals surface area contributed by atoms with Gasteiger partial charge in [0.05, 0.1) is 12.1 Å². The van der Waals surface area contributed by atoms with E-state index in [1.807, 2.05) is 18.2 Å². The molecule has 2 unspecified atom stereocenters. The van der Waals surface area contributed by atoms with Crippen molar-refractivity contribution < 1.29 is 4.74 Å². The Morgan fingerprint density at radius 3 is 2.22 bits per heavy atom. The molecule has 1 aromatic carbocycles. The van der Waals surface area contributed by atoms with E-state index in [0.29, 0.717) is 22.4 Å². The van der Waals surface area contributed by atoms with E-state index in [9.17, 15) is 0 Å². The van der Waals surface area contributed by atoms with Crippen LogP contribution < -0.4 is 11.3 Å². The minimum absolute atomic E-state index is 0.00217. The van der Waals surface area contributed by atoms with Crippen LogP contribution in [0.25, 0.3) is 0 Å². The van der Waals surface area contributed by atoms with E-state index in [2.05, 4.69) is 19.3 Å². The van der Waals surface area contributed by atoms with Gasteiger partial charge in [-0.25, -0.2) is 0 Å². The fourth-order valence-electron chi connectivity index (χ4n) is 2.12. The molecule has 0 radical (unpaired) electrons. The van der Waals surface area contributed by atoms with E-state index in [4.69, 9.17) is 33.8 Å². The lowest BCUT2D eigenvalue weighted by molar-refractivity contribution is 0.0332. The van der Waals surface area contributed by atoms with Crippen LogP contribution in [-0.4, -0.2) is 19.3 Å². The van der Waals surface area contributed by atoms with Crippen LogP contribution in [-0.2, 0) is 11.2 Å². The number of rotatable bonds is 6. The molecule has 0 aliphatic heterocycles. The van der Waals surface area contributed by atoms with Crippen LogP contribution in [0, 0.1) is 5.92 Å². The molecule has 0 saturated carbocycles. The van der Waals surface area contributed by atoms with Gasteiger partial charge in [0.1, 0.15) is 0 Å². The molecule has 0 saturated heterocycles. The Kier molecular flexibility index (Phi) is 6.39. The summed E-state index contributed by atoms with van der Waals surface area (Å²) in [5, 5.41) is 1.31. The van der Waals surface area contributed by atoms with E-state index in [1.165, 1.54) is 0 Å². The number of hydrogen-bond acceptors (Lipinski definition) is 3. The van der Waals surface area contributed by atoms with Gasteiger partial charge in [0.15, 0.2) is 0 Å². The zero-order valence-electron chi connectivity index (χ0n) is 10.9. The van der Waals surface area contributed by atoms with Crippen LogP contribution in [0.3, 0.4) is 0 Å². The molecule has 18 heavy (non-hydrogen) atoms. The lowest BCUT2D eigenvalue weighted by atomic mass is 9.94. The van der Waals surface area contributed by atoms with Crippen LogP contribution >= 0.6 is 23.2 Å². The minimum Gasteiger partial charge on any atom is -0.380 e. The molecule has 0 aromatic heterocycles. The van der Waals surface area contributed by atoms with Crippen molar-refractivity contribution in [1.82, 2.24) is 5.43 Å². The second kappa shape index (κ2) is 7.31. The third kappa shape index (κ3) is 3.84. The Bertz CT molecular complexity index is 365. The van der Waals surface area contributed by atoms with Gasteiger partial charge in [-0.3, -0.25) is 11.3 Å². The fraction of sp³-hybridized carbons (Fsp3) is 0.538. The molecule has 0 heterocycles. The maximum atomic E-state index is 6.16. The largest absolute Gasteiger partial charge is 0.380 e. The molecule has 0 amide bonds. The number of hydrogen-bond donors (Lipinski definition) is 2. The smallest absolute Gasteiger partial charge is 0.0763 e. The highest BCUT2D eigenvalue weighted by atomic mass is 35.5. The van der Waals surface area contributed by atoms with Gasteiger partial charge < -0.3 is 4.74 Å². The minimum atomic E-state index is -0.0348. The molecule has 0 fully saturated rings. The highest BCUT2D eigenvalue weighted by Crippen LogP contribution is 2.27. The van der Waals surface area contributed by atoms with E-state index >= 15 is 0 Å². The van der Waals surface area contributed by atoms with Crippen molar-refractivity contribution >= 4 is 23.2 Å². The Morgan fingerprint density at radius 2 is 1.83 bits per heavy atom. The molecule has 1 rings (SSSR count). The summed E-state index contributed by atoms with van der Waals surface area (Å²) in [6.45, 7) is 4.18. The van der Waals surface area contributed by atoms with Gasteiger partial charge in [-0.05, 0) is 30.0 Å². The van der Waals surface area contributed by atoms with Crippen molar-refractivity contribution in [1.29, 1.82) is 0 Å². The van der Waals surface area contributed by atoms with Crippen LogP contribution in [0.15, 0.2) is 18.2 Å². The first-order valence-electron chi connectivity index (χ1n) is 5.93. The first-order valence-corrected chi connectivity index (χ1v) is 6.68. The summed E-state index contributed by atoms with van der Waals surface area (Å²) in [5.41, 5.74) is 3.69. The number of nitrogens with one attached hydrogen (secondary N) is 1. The van der Waals surface area contributed by atoms with Crippen LogP contribution in [0.1, 0.15) is 19.4 Å². The van der Waals surface area contributed by atoms with Crippen LogP contribution in [0.4, 0.5) is 0 Å². The van der Waals surface area contributed by atoms with Crippen LogP contribution in [0.5, 0.6) is 0 Å². The number of methoxy groups -OCH3 is 1. The Morgan fingerprint density at radius 1 is 1.28 bits per heavy atom. The summed E-state index contributed by atoms with van der Waals surface area (Å²) >= 11 is 12.3. The number of nitrogens with two attached hydrogens (primary N) is 1. The molecule has 5 heteroatoms. The fourth-order valence-corrected chi connectivity index (χ4v) is 2.67. The van der Waals surface area contributed by atoms with Gasteiger partial charge in [0.2, 0.25) is 0 Å². The van der Waals surface area contributed by atoms with Crippen molar-refractivity contribution in [3.05, 3.63) is 33.8 Å². The Balaban J connectivity index is 2.92. The van der Waals surface area contributed by atoms with E-state index in [0.717, 1.165) is 5.56 Å². The van der Waals surface area contributed by atoms with E-state index in [1.54, 1.807) is 7.11 Å². The first kappa shape index (κ1) is 15.7. The Hall–Kier alpha value is -0.320. The molecular weight excluding hydrogens is 271 g/mol. The topological polar surface area (TPSA) is 47.3 Å². The number of ether oxygens (including phenoxy) is 1. The number of halogens is 2. The molecule has 3 N–H and O–H groups in total. The van der Waals surface area contributed by atoms with Crippen LogP contribution in [0.2, 0.25) is 10.0 Å². The molecule has 1 aromatic rings. The summed E-state index contributed by atoms with van der Waals surface area (Å²) in [6, 6.07) is 5.45. The monoisotopic (exact) mass is 290 g/mol. The van der Waals surface area contributed by atoms with Crippen molar-refractivity contribution in [2.75, 3.05) is 7.11 Å². The normalized spacial score (nSPS) is 14.8. The molecule has 0 aliphatic rings. The highest BCUT2D eigenvalue weighted by molar-refractivity contribution is 6.36. The summed E-state index contributed by atoms with van der Waals surface area (Å²) in [4.78, 5) is 0. The third-order valence-corrected chi connectivity index (χ3v) is 3.73. The van der Waals surface area contributed by atoms with Gasteiger partial charge in [-0.15, -0.1) is 0 Å².